The molecule has 0 spiro atoms. The van der Waals surface area contributed by atoms with Gasteiger partial charge in [-0.05, 0) is 31.0 Å². The van der Waals surface area contributed by atoms with Gasteiger partial charge in [0.15, 0.2) is 0 Å². The highest BCUT2D eigenvalue weighted by atomic mass is 16.1. The molecule has 0 aliphatic carbocycles. The number of Topliss-reactive ketones (excluding diaryl/α,β-unsaturated/α-hetero) is 1. The zero-order chi connectivity index (χ0) is 10.4. The Bertz CT molecular complexity index is 317. The predicted octanol–water partition coefficient (Wildman–Crippen LogP) is 1.78. The Kier molecular flexibility index (Phi) is 3.85. The number of benzene rings is 1. The maximum atomic E-state index is 10.7. The van der Waals surface area contributed by atoms with Crippen molar-refractivity contribution in [1.29, 1.82) is 0 Å². The molecule has 74 valence electrons. The molecule has 14 heavy (non-hydrogen) atoms. The minimum atomic E-state index is 0.195. The second kappa shape index (κ2) is 5.17. The van der Waals surface area contributed by atoms with Crippen molar-refractivity contribution >= 4 is 17.9 Å². The lowest BCUT2D eigenvalue weighted by Crippen LogP contribution is -1.96. The van der Waals surface area contributed by atoms with Crippen molar-refractivity contribution in [2.75, 3.05) is 5.32 Å². The zero-order valence-electron chi connectivity index (χ0n) is 8.12. The molecule has 0 atom stereocenters. The molecule has 0 fully saturated rings. The summed E-state index contributed by atoms with van der Waals surface area (Å²) in [5.74, 6) is 0.195. The van der Waals surface area contributed by atoms with Crippen LogP contribution in [-0.4, -0.2) is 12.2 Å². The van der Waals surface area contributed by atoms with Crippen LogP contribution in [0.2, 0.25) is 0 Å². The van der Waals surface area contributed by atoms with Crippen LogP contribution in [-0.2, 0) is 16.0 Å². The third-order valence-corrected chi connectivity index (χ3v) is 1.95. The van der Waals surface area contributed by atoms with E-state index < -0.39 is 0 Å². The number of hydrogen-bond donors (Lipinski definition) is 1. The fraction of sp³-hybridized carbons (Fsp3) is 0.273. The minimum Gasteiger partial charge on any atom is -0.329 e. The van der Waals surface area contributed by atoms with Gasteiger partial charge in [0.2, 0.25) is 6.41 Å². The van der Waals surface area contributed by atoms with Crippen molar-refractivity contribution in [3.8, 4) is 0 Å². The molecule has 0 aromatic heterocycles. The van der Waals surface area contributed by atoms with Crippen molar-refractivity contribution in [3.63, 3.8) is 0 Å². The van der Waals surface area contributed by atoms with E-state index in [9.17, 15) is 9.59 Å². The third kappa shape index (κ3) is 3.39. The molecule has 0 aliphatic rings. The molecule has 1 amide bonds. The molecule has 3 heteroatoms. The number of hydrogen-bond acceptors (Lipinski definition) is 2. The van der Waals surface area contributed by atoms with Gasteiger partial charge in [-0.3, -0.25) is 4.79 Å². The van der Waals surface area contributed by atoms with E-state index in [0.29, 0.717) is 12.8 Å². The molecule has 0 aliphatic heterocycles. The van der Waals surface area contributed by atoms with Crippen molar-refractivity contribution < 1.29 is 9.59 Å². The standard InChI is InChI=1S/C11H13NO2/c1-9(14)2-3-10-4-6-11(7-5-10)12-8-13/h4-8H,2-3H2,1H3,(H,12,13). The highest BCUT2D eigenvalue weighted by Crippen LogP contribution is 2.10. The summed E-state index contributed by atoms with van der Waals surface area (Å²) in [6.45, 7) is 1.59. The maximum Gasteiger partial charge on any atom is 0.211 e. The average Bonchev–Trinajstić information content (AvgIpc) is 2.17. The molecule has 0 saturated carbocycles. The quantitative estimate of drug-likeness (QED) is 0.721. The van der Waals surface area contributed by atoms with Gasteiger partial charge in [0.1, 0.15) is 5.78 Å². The molecule has 1 rings (SSSR count). The van der Waals surface area contributed by atoms with Crippen molar-refractivity contribution in [2.45, 2.75) is 19.8 Å². The van der Waals surface area contributed by atoms with Gasteiger partial charge in [-0.25, -0.2) is 0 Å². The molecular weight excluding hydrogens is 178 g/mol. The molecule has 3 nitrogen and oxygen atoms in total. The first-order valence-electron chi connectivity index (χ1n) is 4.51. The van der Waals surface area contributed by atoms with E-state index in [-0.39, 0.29) is 5.78 Å². The average molecular weight is 191 g/mol. The molecule has 0 heterocycles. The van der Waals surface area contributed by atoms with Gasteiger partial charge in [-0.1, -0.05) is 12.1 Å². The van der Waals surface area contributed by atoms with Crippen LogP contribution >= 0.6 is 0 Å². The summed E-state index contributed by atoms with van der Waals surface area (Å²) in [5.41, 5.74) is 1.88. The van der Waals surface area contributed by atoms with Crippen LogP contribution in [0, 0.1) is 0 Å². The van der Waals surface area contributed by atoms with E-state index in [0.717, 1.165) is 17.7 Å². The van der Waals surface area contributed by atoms with E-state index in [1.54, 1.807) is 6.92 Å². The predicted molar refractivity (Wildman–Crippen MR) is 55.1 cm³/mol. The molecule has 0 bridgehead atoms. The molecule has 1 aromatic rings. The lowest BCUT2D eigenvalue weighted by atomic mass is 10.1. The number of amides is 1. The maximum absolute atomic E-state index is 10.7. The Labute approximate surface area is 83.1 Å². The monoisotopic (exact) mass is 191 g/mol. The van der Waals surface area contributed by atoms with Crippen LogP contribution < -0.4 is 5.32 Å². The summed E-state index contributed by atoms with van der Waals surface area (Å²) in [6, 6.07) is 7.47. The van der Waals surface area contributed by atoms with Crippen LogP contribution in [0.4, 0.5) is 5.69 Å². The van der Waals surface area contributed by atoms with Crippen molar-refractivity contribution in [3.05, 3.63) is 29.8 Å². The highest BCUT2D eigenvalue weighted by molar-refractivity contribution is 5.75. The summed E-state index contributed by atoms with van der Waals surface area (Å²) >= 11 is 0. The van der Waals surface area contributed by atoms with Crippen LogP contribution in [0.5, 0.6) is 0 Å². The normalized spacial score (nSPS) is 9.50. The Morgan fingerprint density at radius 3 is 2.50 bits per heavy atom. The van der Waals surface area contributed by atoms with Crippen LogP contribution in [0.15, 0.2) is 24.3 Å². The van der Waals surface area contributed by atoms with Gasteiger partial charge in [0, 0.05) is 12.1 Å². The van der Waals surface area contributed by atoms with Crippen LogP contribution in [0.25, 0.3) is 0 Å². The smallest absolute Gasteiger partial charge is 0.211 e. The van der Waals surface area contributed by atoms with Crippen molar-refractivity contribution in [1.82, 2.24) is 0 Å². The fourth-order valence-electron chi connectivity index (χ4n) is 1.16. The number of rotatable bonds is 5. The first-order valence-corrected chi connectivity index (χ1v) is 4.51. The first kappa shape index (κ1) is 10.4. The lowest BCUT2D eigenvalue weighted by Gasteiger charge is -2.01. The first-order chi connectivity index (χ1) is 6.72. The molecule has 1 N–H and O–H groups in total. The molecule has 0 radical (unpaired) electrons. The van der Waals surface area contributed by atoms with E-state index >= 15 is 0 Å². The lowest BCUT2D eigenvalue weighted by molar-refractivity contribution is -0.117. The Balaban J connectivity index is 2.54. The summed E-state index contributed by atoms with van der Waals surface area (Å²) in [4.78, 5) is 20.8. The molecule has 0 saturated heterocycles. The minimum absolute atomic E-state index is 0.195. The highest BCUT2D eigenvalue weighted by Gasteiger charge is 1.96. The van der Waals surface area contributed by atoms with Gasteiger partial charge in [-0.2, -0.15) is 0 Å². The topological polar surface area (TPSA) is 46.2 Å². The van der Waals surface area contributed by atoms with Gasteiger partial charge in [0.05, 0.1) is 0 Å². The van der Waals surface area contributed by atoms with Crippen LogP contribution in [0.3, 0.4) is 0 Å². The van der Waals surface area contributed by atoms with E-state index in [4.69, 9.17) is 0 Å². The molecular formula is C11H13NO2. The number of carbonyl (C=O) groups is 2. The fourth-order valence-corrected chi connectivity index (χ4v) is 1.16. The van der Waals surface area contributed by atoms with E-state index in [2.05, 4.69) is 5.32 Å². The number of nitrogens with one attached hydrogen (secondary N) is 1. The van der Waals surface area contributed by atoms with Gasteiger partial charge < -0.3 is 10.1 Å². The Hall–Kier alpha value is -1.64. The van der Waals surface area contributed by atoms with E-state index in [1.807, 2.05) is 24.3 Å². The van der Waals surface area contributed by atoms with Crippen molar-refractivity contribution in [2.24, 2.45) is 0 Å². The van der Waals surface area contributed by atoms with E-state index in [1.165, 1.54) is 0 Å². The van der Waals surface area contributed by atoms with Gasteiger partial charge in [0.25, 0.3) is 0 Å². The number of carbonyl (C=O) groups excluding carboxylic acids is 2. The zero-order valence-corrected chi connectivity index (χ0v) is 8.12. The number of ketones is 1. The van der Waals surface area contributed by atoms with Crippen LogP contribution in [0.1, 0.15) is 18.9 Å². The summed E-state index contributed by atoms with van der Waals surface area (Å²) in [6.07, 6.45) is 1.97. The number of anilines is 1. The number of aryl methyl sites for hydroxylation is 1. The second-order valence-electron chi connectivity index (χ2n) is 3.16. The summed E-state index contributed by atoms with van der Waals surface area (Å²) < 4.78 is 0. The summed E-state index contributed by atoms with van der Waals surface area (Å²) in [5, 5.41) is 2.55. The molecule has 0 unspecified atom stereocenters. The third-order valence-electron chi connectivity index (χ3n) is 1.95. The van der Waals surface area contributed by atoms with Gasteiger partial charge in [-0.15, -0.1) is 0 Å². The van der Waals surface area contributed by atoms with Gasteiger partial charge >= 0.3 is 0 Å². The largest absolute Gasteiger partial charge is 0.329 e. The SMILES string of the molecule is CC(=O)CCc1ccc(NC=O)cc1. The molecule has 1 aromatic carbocycles. The Morgan fingerprint density at radius 2 is 2.00 bits per heavy atom. The summed E-state index contributed by atoms with van der Waals surface area (Å²) in [7, 11) is 0. The second-order valence-corrected chi connectivity index (χ2v) is 3.16. The Morgan fingerprint density at radius 1 is 1.36 bits per heavy atom.